The Morgan fingerprint density at radius 2 is 1.88 bits per heavy atom. The highest BCUT2D eigenvalue weighted by atomic mass is 35.5. The maximum Gasteiger partial charge on any atom is 0.322 e. The normalized spacial score (nSPS) is 17.7. The van der Waals surface area contributed by atoms with E-state index in [9.17, 15) is 4.79 Å². The van der Waals surface area contributed by atoms with Crippen LogP contribution in [-0.2, 0) is 6.42 Å². The van der Waals surface area contributed by atoms with Crippen molar-refractivity contribution in [3.63, 3.8) is 0 Å². The van der Waals surface area contributed by atoms with Crippen LogP contribution < -0.4 is 10.2 Å². The Bertz CT molecular complexity index is 1160. The van der Waals surface area contributed by atoms with Gasteiger partial charge in [0.15, 0.2) is 0 Å². The van der Waals surface area contributed by atoms with Crippen LogP contribution in [0.15, 0.2) is 55.1 Å². The standard InChI is InChI=1S/C24H23ClN6O/c1-16-14-30(10-11-31(16)24(32)29-20-4-2-19(25)3-5-20)23-21-12-18(13-22(21)27-15-28-23)17-6-8-26-9-7-17/h2-9,12,15-16H,10-11,13-14H2,1H3,(H,29,32)/t16-/m0/s1. The number of urea groups is 1. The summed E-state index contributed by atoms with van der Waals surface area (Å²) in [6.07, 6.45) is 8.23. The molecule has 8 heteroatoms. The van der Waals surface area contributed by atoms with Crippen molar-refractivity contribution in [2.45, 2.75) is 19.4 Å². The predicted octanol–water partition coefficient (Wildman–Crippen LogP) is 4.36. The predicted molar refractivity (Wildman–Crippen MR) is 127 cm³/mol. The van der Waals surface area contributed by atoms with Crippen LogP contribution in [-0.4, -0.2) is 51.6 Å². The number of carbonyl (C=O) groups is 1. The first-order valence-corrected chi connectivity index (χ1v) is 11.0. The van der Waals surface area contributed by atoms with E-state index in [1.165, 1.54) is 5.57 Å². The SMILES string of the molecule is C[C@H]1CN(c2ncnc3c2C=C(c2ccncc2)C3)CCN1C(=O)Nc1ccc(Cl)cc1. The summed E-state index contributed by atoms with van der Waals surface area (Å²) in [5, 5.41) is 3.60. The molecule has 7 nitrogen and oxygen atoms in total. The first kappa shape index (κ1) is 20.5. The van der Waals surface area contributed by atoms with Crippen LogP contribution in [0.25, 0.3) is 11.6 Å². The molecule has 32 heavy (non-hydrogen) atoms. The van der Waals surface area contributed by atoms with E-state index < -0.39 is 0 Å². The molecule has 162 valence electrons. The van der Waals surface area contributed by atoms with Gasteiger partial charge < -0.3 is 15.1 Å². The molecule has 1 aliphatic heterocycles. The summed E-state index contributed by atoms with van der Waals surface area (Å²) in [6, 6.07) is 11.1. The molecule has 0 bridgehead atoms. The number of hydrogen-bond acceptors (Lipinski definition) is 5. The van der Waals surface area contributed by atoms with Gasteiger partial charge in [-0.25, -0.2) is 14.8 Å². The van der Waals surface area contributed by atoms with Crippen molar-refractivity contribution in [3.05, 3.63) is 77.0 Å². The minimum Gasteiger partial charge on any atom is -0.352 e. The highest BCUT2D eigenvalue weighted by molar-refractivity contribution is 6.30. The highest BCUT2D eigenvalue weighted by Gasteiger charge is 2.30. The van der Waals surface area contributed by atoms with Gasteiger partial charge in [-0.05, 0) is 60.5 Å². The number of fused-ring (bicyclic) bond motifs is 1. The summed E-state index contributed by atoms with van der Waals surface area (Å²) in [5.41, 5.74) is 5.22. The number of benzene rings is 1. The van der Waals surface area contributed by atoms with Crippen LogP contribution >= 0.6 is 11.6 Å². The Balaban J connectivity index is 1.30. The lowest BCUT2D eigenvalue weighted by atomic mass is 10.1. The number of nitrogens with zero attached hydrogens (tertiary/aromatic N) is 5. The molecule has 1 atom stereocenters. The fourth-order valence-corrected chi connectivity index (χ4v) is 4.43. The Morgan fingerprint density at radius 3 is 2.62 bits per heavy atom. The van der Waals surface area contributed by atoms with E-state index >= 15 is 0 Å². The molecule has 3 heterocycles. The first-order valence-electron chi connectivity index (χ1n) is 10.6. The summed E-state index contributed by atoms with van der Waals surface area (Å²) in [6.45, 7) is 4.09. The summed E-state index contributed by atoms with van der Waals surface area (Å²) in [5.74, 6) is 0.934. The van der Waals surface area contributed by atoms with Gasteiger partial charge >= 0.3 is 6.03 Å². The second-order valence-corrected chi connectivity index (χ2v) is 8.50. The summed E-state index contributed by atoms with van der Waals surface area (Å²) < 4.78 is 0. The lowest BCUT2D eigenvalue weighted by Crippen LogP contribution is -2.55. The Labute approximate surface area is 191 Å². The van der Waals surface area contributed by atoms with Crippen LogP contribution in [0.5, 0.6) is 0 Å². The highest BCUT2D eigenvalue weighted by Crippen LogP contribution is 2.35. The van der Waals surface area contributed by atoms with E-state index in [4.69, 9.17) is 11.6 Å². The number of hydrogen-bond donors (Lipinski definition) is 1. The van der Waals surface area contributed by atoms with E-state index in [-0.39, 0.29) is 12.1 Å². The third kappa shape index (κ3) is 4.03. The lowest BCUT2D eigenvalue weighted by molar-refractivity contribution is 0.184. The number of piperazine rings is 1. The minimum absolute atomic E-state index is 0.0340. The van der Waals surface area contributed by atoms with Gasteiger partial charge in [0, 0.05) is 60.8 Å². The van der Waals surface area contributed by atoms with Crippen molar-refractivity contribution in [2.75, 3.05) is 29.9 Å². The molecule has 3 aromatic rings. The molecule has 1 saturated heterocycles. The number of anilines is 2. The second kappa shape index (κ2) is 8.59. The van der Waals surface area contributed by atoms with Crippen LogP contribution in [0.1, 0.15) is 23.7 Å². The molecule has 0 saturated carbocycles. The maximum absolute atomic E-state index is 12.8. The number of halogens is 1. The van der Waals surface area contributed by atoms with E-state index in [0.29, 0.717) is 24.7 Å². The van der Waals surface area contributed by atoms with Crippen molar-refractivity contribution in [1.82, 2.24) is 19.9 Å². The van der Waals surface area contributed by atoms with Gasteiger partial charge in [0.05, 0.1) is 5.69 Å². The fraction of sp³-hybridized carbons (Fsp3) is 0.250. The Kier molecular flexibility index (Phi) is 5.49. The molecule has 1 fully saturated rings. The van der Waals surface area contributed by atoms with Crippen LogP contribution in [0, 0.1) is 0 Å². The lowest BCUT2D eigenvalue weighted by Gasteiger charge is -2.40. The number of carbonyl (C=O) groups excluding carboxylic acids is 1. The van der Waals surface area contributed by atoms with E-state index in [1.54, 1.807) is 30.6 Å². The van der Waals surface area contributed by atoms with Gasteiger partial charge in [-0.1, -0.05) is 11.6 Å². The molecular formula is C24H23ClN6O. The van der Waals surface area contributed by atoms with Crippen molar-refractivity contribution < 1.29 is 4.79 Å². The minimum atomic E-state index is -0.104. The number of nitrogens with one attached hydrogen (secondary N) is 1. The topological polar surface area (TPSA) is 74.2 Å². The number of rotatable bonds is 3. The van der Waals surface area contributed by atoms with Gasteiger partial charge in [-0.15, -0.1) is 0 Å². The van der Waals surface area contributed by atoms with Crippen molar-refractivity contribution in [3.8, 4) is 0 Å². The number of aromatic nitrogens is 3. The van der Waals surface area contributed by atoms with Gasteiger partial charge in [-0.3, -0.25) is 4.98 Å². The molecule has 2 aliphatic rings. The fourth-order valence-electron chi connectivity index (χ4n) is 4.30. The molecule has 1 aromatic carbocycles. The van der Waals surface area contributed by atoms with E-state index in [1.807, 2.05) is 29.4 Å². The average Bonchev–Trinajstić information content (AvgIpc) is 3.25. The largest absolute Gasteiger partial charge is 0.352 e. The smallest absolute Gasteiger partial charge is 0.322 e. The molecule has 2 aromatic heterocycles. The van der Waals surface area contributed by atoms with Gasteiger partial charge in [0.25, 0.3) is 0 Å². The van der Waals surface area contributed by atoms with E-state index in [0.717, 1.165) is 34.7 Å². The van der Waals surface area contributed by atoms with Crippen LogP contribution in [0.4, 0.5) is 16.3 Å². The molecule has 0 spiro atoms. The number of pyridine rings is 1. The molecule has 0 radical (unpaired) electrons. The third-order valence-electron chi connectivity index (χ3n) is 5.96. The van der Waals surface area contributed by atoms with Gasteiger partial charge in [0.2, 0.25) is 0 Å². The van der Waals surface area contributed by atoms with Crippen molar-refractivity contribution in [2.24, 2.45) is 0 Å². The molecule has 2 amide bonds. The molecule has 1 aliphatic carbocycles. The summed E-state index contributed by atoms with van der Waals surface area (Å²) in [4.78, 5) is 30.2. The van der Waals surface area contributed by atoms with Crippen LogP contribution in [0.2, 0.25) is 5.02 Å². The molecular weight excluding hydrogens is 424 g/mol. The zero-order valence-corrected chi connectivity index (χ0v) is 18.5. The zero-order chi connectivity index (χ0) is 22.1. The van der Waals surface area contributed by atoms with Crippen molar-refractivity contribution >= 4 is 40.8 Å². The quantitative estimate of drug-likeness (QED) is 0.646. The first-order chi connectivity index (χ1) is 15.6. The molecule has 0 unspecified atom stereocenters. The molecule has 5 rings (SSSR count). The summed E-state index contributed by atoms with van der Waals surface area (Å²) in [7, 11) is 0. The van der Waals surface area contributed by atoms with Crippen molar-refractivity contribution in [1.29, 1.82) is 0 Å². The van der Waals surface area contributed by atoms with Crippen LogP contribution in [0.3, 0.4) is 0 Å². The van der Waals surface area contributed by atoms with Gasteiger partial charge in [-0.2, -0.15) is 0 Å². The van der Waals surface area contributed by atoms with Gasteiger partial charge in [0.1, 0.15) is 12.1 Å². The molecule has 1 N–H and O–H groups in total. The average molecular weight is 447 g/mol. The maximum atomic E-state index is 12.8. The van der Waals surface area contributed by atoms with E-state index in [2.05, 4.69) is 38.2 Å². The third-order valence-corrected chi connectivity index (χ3v) is 6.21. The monoisotopic (exact) mass is 446 g/mol. The Morgan fingerprint density at radius 1 is 1.09 bits per heavy atom. The second-order valence-electron chi connectivity index (χ2n) is 8.07. The number of amides is 2. The zero-order valence-electron chi connectivity index (χ0n) is 17.7. The Hall–Kier alpha value is -3.45. The summed E-state index contributed by atoms with van der Waals surface area (Å²) >= 11 is 5.93. The number of allylic oxidation sites excluding steroid dienone is 1.